The third kappa shape index (κ3) is 5.17. The van der Waals surface area contributed by atoms with Gasteiger partial charge in [0.25, 0.3) is 0 Å². The van der Waals surface area contributed by atoms with E-state index in [-0.39, 0.29) is 16.8 Å². The molecule has 6 nitrogen and oxygen atoms in total. The first-order valence-corrected chi connectivity index (χ1v) is 8.76. The SMILES string of the molecule is O=C(CSc1n[nH]c(/C=C/c2ccccc2)n1)Nc1cccnc1Cl. The maximum Gasteiger partial charge on any atom is 0.234 e. The van der Waals surface area contributed by atoms with E-state index in [1.165, 1.54) is 11.8 Å². The maximum atomic E-state index is 12.0. The average molecular weight is 372 g/mol. The number of carbonyl (C=O) groups is 1. The van der Waals surface area contributed by atoms with E-state index in [0.29, 0.717) is 16.7 Å². The topological polar surface area (TPSA) is 83.6 Å². The Morgan fingerprint density at radius 1 is 1.20 bits per heavy atom. The summed E-state index contributed by atoms with van der Waals surface area (Å²) in [5, 5.41) is 10.4. The van der Waals surface area contributed by atoms with Gasteiger partial charge >= 0.3 is 0 Å². The van der Waals surface area contributed by atoms with E-state index in [9.17, 15) is 4.79 Å². The van der Waals surface area contributed by atoms with Crippen molar-refractivity contribution in [2.75, 3.05) is 11.1 Å². The Hall–Kier alpha value is -2.64. The zero-order valence-electron chi connectivity index (χ0n) is 13.0. The molecule has 1 amide bonds. The molecule has 2 aromatic heterocycles. The van der Waals surface area contributed by atoms with Crippen LogP contribution in [0.3, 0.4) is 0 Å². The highest BCUT2D eigenvalue weighted by Crippen LogP contribution is 2.19. The number of anilines is 1. The number of H-pyrrole nitrogens is 1. The van der Waals surface area contributed by atoms with Crippen molar-refractivity contribution in [3.63, 3.8) is 0 Å². The van der Waals surface area contributed by atoms with E-state index in [1.54, 1.807) is 18.3 Å². The molecule has 3 aromatic rings. The molecule has 2 N–H and O–H groups in total. The number of aromatic nitrogens is 4. The number of benzene rings is 1. The quantitative estimate of drug-likeness (QED) is 0.509. The first-order chi connectivity index (χ1) is 12.2. The number of rotatable bonds is 6. The molecule has 0 aliphatic heterocycles. The number of pyridine rings is 1. The van der Waals surface area contributed by atoms with Gasteiger partial charge in [-0.3, -0.25) is 9.89 Å². The summed E-state index contributed by atoms with van der Waals surface area (Å²) in [5.74, 6) is 0.596. The van der Waals surface area contributed by atoms with Crippen molar-refractivity contribution >= 4 is 47.1 Å². The van der Waals surface area contributed by atoms with Crippen LogP contribution in [0.1, 0.15) is 11.4 Å². The number of aromatic amines is 1. The second-order valence-corrected chi connectivity index (χ2v) is 6.23. The van der Waals surface area contributed by atoms with Crippen molar-refractivity contribution in [1.82, 2.24) is 20.2 Å². The normalized spacial score (nSPS) is 10.9. The molecule has 0 saturated heterocycles. The summed E-state index contributed by atoms with van der Waals surface area (Å²) >= 11 is 7.14. The molecule has 0 aliphatic carbocycles. The van der Waals surface area contributed by atoms with Gasteiger partial charge in [0.05, 0.1) is 11.4 Å². The molecule has 0 aliphatic rings. The summed E-state index contributed by atoms with van der Waals surface area (Å²) < 4.78 is 0. The smallest absolute Gasteiger partial charge is 0.234 e. The predicted molar refractivity (Wildman–Crippen MR) is 100 cm³/mol. The van der Waals surface area contributed by atoms with Crippen LogP contribution in [0.2, 0.25) is 5.15 Å². The molecule has 8 heteroatoms. The van der Waals surface area contributed by atoms with Crippen molar-refractivity contribution in [3.05, 3.63) is 65.2 Å². The molecule has 0 radical (unpaired) electrons. The molecule has 1 aromatic carbocycles. The molecule has 0 spiro atoms. The fraction of sp³-hybridized carbons (Fsp3) is 0.0588. The van der Waals surface area contributed by atoms with Crippen molar-refractivity contribution in [3.8, 4) is 0 Å². The number of hydrogen-bond acceptors (Lipinski definition) is 5. The van der Waals surface area contributed by atoms with Crippen molar-refractivity contribution in [1.29, 1.82) is 0 Å². The second-order valence-electron chi connectivity index (χ2n) is 4.93. The van der Waals surface area contributed by atoms with Gasteiger partial charge in [-0.15, -0.1) is 5.10 Å². The molecule has 25 heavy (non-hydrogen) atoms. The van der Waals surface area contributed by atoms with Gasteiger partial charge in [-0.05, 0) is 23.8 Å². The van der Waals surface area contributed by atoms with Crippen LogP contribution >= 0.6 is 23.4 Å². The van der Waals surface area contributed by atoms with Crippen LogP contribution in [-0.2, 0) is 4.79 Å². The van der Waals surface area contributed by atoms with Gasteiger partial charge in [-0.1, -0.05) is 59.8 Å². The number of thioether (sulfide) groups is 1. The zero-order chi connectivity index (χ0) is 17.5. The monoisotopic (exact) mass is 371 g/mol. The van der Waals surface area contributed by atoms with E-state index in [1.807, 2.05) is 42.5 Å². The number of nitrogens with zero attached hydrogens (tertiary/aromatic N) is 3. The van der Waals surface area contributed by atoms with Crippen LogP contribution in [0.15, 0.2) is 53.8 Å². The molecule has 2 heterocycles. The molecule has 126 valence electrons. The van der Waals surface area contributed by atoms with Crippen molar-refractivity contribution in [2.45, 2.75) is 5.16 Å². The standard InChI is InChI=1S/C17H14ClN5OS/c18-16-13(7-4-10-19-16)20-15(24)11-25-17-21-14(22-23-17)9-8-12-5-2-1-3-6-12/h1-10H,11H2,(H,20,24)(H,21,22,23)/b9-8+. The van der Waals surface area contributed by atoms with Gasteiger partial charge in [0, 0.05) is 6.20 Å². The van der Waals surface area contributed by atoms with Crippen LogP contribution in [0.5, 0.6) is 0 Å². The van der Waals surface area contributed by atoms with E-state index < -0.39 is 0 Å². The minimum Gasteiger partial charge on any atom is -0.323 e. The van der Waals surface area contributed by atoms with Crippen LogP contribution in [0, 0.1) is 0 Å². The first-order valence-electron chi connectivity index (χ1n) is 7.39. The number of amides is 1. The summed E-state index contributed by atoms with van der Waals surface area (Å²) in [7, 11) is 0. The van der Waals surface area contributed by atoms with Gasteiger partial charge < -0.3 is 5.32 Å². The zero-order valence-corrected chi connectivity index (χ0v) is 14.6. The van der Waals surface area contributed by atoms with Crippen molar-refractivity contribution in [2.24, 2.45) is 0 Å². The third-order valence-electron chi connectivity index (χ3n) is 3.08. The molecule has 0 fully saturated rings. The lowest BCUT2D eigenvalue weighted by atomic mass is 10.2. The largest absolute Gasteiger partial charge is 0.323 e. The summed E-state index contributed by atoms with van der Waals surface area (Å²) in [6.07, 6.45) is 5.33. The lowest BCUT2D eigenvalue weighted by Gasteiger charge is -2.04. The van der Waals surface area contributed by atoms with Gasteiger partial charge in [0.2, 0.25) is 11.1 Å². The Kier molecular flexibility index (Phi) is 5.81. The summed E-state index contributed by atoms with van der Waals surface area (Å²) in [5.41, 5.74) is 1.55. The van der Waals surface area contributed by atoms with Gasteiger partial charge in [0.1, 0.15) is 5.82 Å². The summed E-state index contributed by atoms with van der Waals surface area (Å²) in [4.78, 5) is 20.2. The lowest BCUT2D eigenvalue weighted by Crippen LogP contribution is -2.14. The Labute approximate surface area is 153 Å². The average Bonchev–Trinajstić information content (AvgIpc) is 3.09. The van der Waals surface area contributed by atoms with Crippen molar-refractivity contribution < 1.29 is 4.79 Å². The first kappa shape index (κ1) is 17.2. The lowest BCUT2D eigenvalue weighted by molar-refractivity contribution is -0.113. The molecular weight excluding hydrogens is 358 g/mol. The number of hydrogen-bond donors (Lipinski definition) is 2. The summed E-state index contributed by atoms with van der Waals surface area (Å²) in [6, 6.07) is 13.3. The number of halogens is 1. The Morgan fingerprint density at radius 3 is 2.84 bits per heavy atom. The maximum absolute atomic E-state index is 12.0. The van der Waals surface area contributed by atoms with E-state index in [0.717, 1.165) is 5.56 Å². The summed E-state index contributed by atoms with van der Waals surface area (Å²) in [6.45, 7) is 0. The molecule has 0 atom stereocenters. The van der Waals surface area contributed by atoms with Crippen LogP contribution in [0.25, 0.3) is 12.2 Å². The fourth-order valence-corrected chi connectivity index (χ4v) is 2.70. The number of nitrogens with one attached hydrogen (secondary N) is 2. The molecule has 0 unspecified atom stereocenters. The number of carbonyl (C=O) groups excluding carboxylic acids is 1. The van der Waals surface area contributed by atoms with E-state index >= 15 is 0 Å². The van der Waals surface area contributed by atoms with Crippen LogP contribution in [0.4, 0.5) is 5.69 Å². The Morgan fingerprint density at radius 2 is 2.04 bits per heavy atom. The highest BCUT2D eigenvalue weighted by Gasteiger charge is 2.09. The Balaban J connectivity index is 1.52. The minimum atomic E-state index is -0.203. The highest BCUT2D eigenvalue weighted by atomic mass is 35.5. The minimum absolute atomic E-state index is 0.172. The predicted octanol–water partition coefficient (Wildman–Crippen LogP) is 3.75. The molecule has 3 rings (SSSR count). The fourth-order valence-electron chi connectivity index (χ4n) is 1.93. The van der Waals surface area contributed by atoms with Crippen LogP contribution < -0.4 is 5.32 Å². The highest BCUT2D eigenvalue weighted by molar-refractivity contribution is 7.99. The second kappa shape index (κ2) is 8.46. The Bertz CT molecular complexity index is 882. The molecule has 0 saturated carbocycles. The van der Waals surface area contributed by atoms with Gasteiger partial charge in [0.15, 0.2) is 5.15 Å². The molecular formula is C17H14ClN5OS. The van der Waals surface area contributed by atoms with Gasteiger partial charge in [-0.2, -0.15) is 0 Å². The van der Waals surface area contributed by atoms with E-state index in [4.69, 9.17) is 11.6 Å². The molecule has 0 bridgehead atoms. The van der Waals surface area contributed by atoms with Crippen LogP contribution in [-0.4, -0.2) is 31.8 Å². The van der Waals surface area contributed by atoms with E-state index in [2.05, 4.69) is 25.5 Å². The van der Waals surface area contributed by atoms with Gasteiger partial charge in [-0.25, -0.2) is 9.97 Å². The third-order valence-corrected chi connectivity index (χ3v) is 4.23.